The average Bonchev–Trinajstić information content (AvgIpc) is 3.25. The van der Waals surface area contributed by atoms with Gasteiger partial charge in [-0.15, -0.1) is 11.3 Å². The Morgan fingerprint density at radius 3 is 3.10 bits per heavy atom. The van der Waals surface area contributed by atoms with Crippen LogP contribution < -0.4 is 5.32 Å². The summed E-state index contributed by atoms with van der Waals surface area (Å²) in [6.45, 7) is 5.06. The third kappa shape index (κ3) is 4.18. The zero-order chi connectivity index (χ0) is 20.4. The third-order valence-corrected chi connectivity index (χ3v) is 6.22. The van der Waals surface area contributed by atoms with Crippen LogP contribution in [0.5, 0.6) is 0 Å². The van der Waals surface area contributed by atoms with E-state index in [9.17, 15) is 4.79 Å². The number of amides is 1. The predicted octanol–water partition coefficient (Wildman–Crippen LogP) is 1.63. The lowest BCUT2D eigenvalue weighted by atomic mass is 10.0. The van der Waals surface area contributed by atoms with Crippen molar-refractivity contribution in [3.05, 3.63) is 46.2 Å². The maximum absolute atomic E-state index is 12.7. The van der Waals surface area contributed by atoms with Crippen molar-refractivity contribution in [2.75, 3.05) is 32.8 Å². The molecule has 3 aromatic rings. The summed E-state index contributed by atoms with van der Waals surface area (Å²) in [6.07, 6.45) is 3.57. The number of aliphatic hydroxyl groups excluding tert-OH is 1. The smallest absolute Gasteiger partial charge is 0.261 e. The molecule has 2 N–H and O–H groups in total. The molecular formula is C20H25N5O3S. The van der Waals surface area contributed by atoms with Crippen molar-refractivity contribution in [3.63, 3.8) is 0 Å². The van der Waals surface area contributed by atoms with Crippen LogP contribution in [-0.4, -0.2) is 63.5 Å². The molecule has 0 aromatic carbocycles. The largest absolute Gasteiger partial charge is 0.395 e. The highest BCUT2D eigenvalue weighted by Gasteiger charge is 2.30. The van der Waals surface area contributed by atoms with Gasteiger partial charge < -0.3 is 15.2 Å². The van der Waals surface area contributed by atoms with Gasteiger partial charge >= 0.3 is 0 Å². The molecule has 1 atom stereocenters. The number of hydrogen-bond donors (Lipinski definition) is 2. The van der Waals surface area contributed by atoms with Crippen LogP contribution >= 0.6 is 11.3 Å². The van der Waals surface area contributed by atoms with Crippen LogP contribution in [0.4, 0.5) is 0 Å². The number of fused-ring (bicyclic) bond motifs is 1. The number of morpholine rings is 1. The minimum Gasteiger partial charge on any atom is -0.395 e. The average molecular weight is 416 g/mol. The number of aliphatic hydroxyl groups is 1. The van der Waals surface area contributed by atoms with Gasteiger partial charge in [0.15, 0.2) is 0 Å². The van der Waals surface area contributed by atoms with Gasteiger partial charge in [-0.3, -0.25) is 14.4 Å². The molecule has 0 saturated carbocycles. The Labute approximate surface area is 173 Å². The number of carbonyl (C=O) groups excluding carboxylic acids is 1. The molecule has 1 aliphatic rings. The fourth-order valence-corrected chi connectivity index (χ4v) is 4.87. The van der Waals surface area contributed by atoms with Crippen LogP contribution in [0.15, 0.2) is 24.5 Å². The minimum atomic E-state index is -0.214. The highest BCUT2D eigenvalue weighted by atomic mass is 32.1. The number of aryl methyl sites for hydroxylation is 2. The van der Waals surface area contributed by atoms with E-state index in [1.165, 1.54) is 16.9 Å². The van der Waals surface area contributed by atoms with Crippen LogP contribution in [0.25, 0.3) is 10.2 Å². The van der Waals surface area contributed by atoms with Crippen LogP contribution in [-0.2, 0) is 18.3 Å². The molecule has 29 heavy (non-hydrogen) atoms. The molecule has 0 bridgehead atoms. The van der Waals surface area contributed by atoms with Gasteiger partial charge in [0.25, 0.3) is 5.91 Å². The van der Waals surface area contributed by atoms with Crippen LogP contribution in [0.3, 0.4) is 0 Å². The minimum absolute atomic E-state index is 0.0949. The fraction of sp³-hybridized carbons (Fsp3) is 0.450. The van der Waals surface area contributed by atoms with Gasteiger partial charge in [0.1, 0.15) is 9.71 Å². The Morgan fingerprint density at radius 1 is 1.48 bits per heavy atom. The van der Waals surface area contributed by atoms with Gasteiger partial charge in [-0.05, 0) is 13.0 Å². The van der Waals surface area contributed by atoms with E-state index in [1.807, 2.05) is 30.8 Å². The first-order chi connectivity index (χ1) is 14.1. The van der Waals surface area contributed by atoms with Gasteiger partial charge in [-0.25, -0.2) is 4.98 Å². The summed E-state index contributed by atoms with van der Waals surface area (Å²) < 4.78 is 7.95. The molecule has 0 unspecified atom stereocenters. The van der Waals surface area contributed by atoms with Crippen molar-refractivity contribution >= 4 is 27.5 Å². The molecule has 1 fully saturated rings. The molecule has 1 saturated heterocycles. The fourth-order valence-electron chi connectivity index (χ4n) is 3.75. The maximum atomic E-state index is 12.7. The third-order valence-electron chi connectivity index (χ3n) is 5.09. The number of aromatic nitrogens is 3. The van der Waals surface area contributed by atoms with E-state index in [1.54, 1.807) is 6.20 Å². The summed E-state index contributed by atoms with van der Waals surface area (Å²) in [4.78, 5) is 20.9. The number of rotatable bonds is 6. The monoisotopic (exact) mass is 415 g/mol. The van der Waals surface area contributed by atoms with E-state index in [2.05, 4.69) is 26.5 Å². The normalized spacial score (nSPS) is 17.7. The van der Waals surface area contributed by atoms with Crippen molar-refractivity contribution in [1.29, 1.82) is 0 Å². The predicted molar refractivity (Wildman–Crippen MR) is 111 cm³/mol. The first kappa shape index (κ1) is 20.0. The number of nitrogens with one attached hydrogen (secondary N) is 1. The molecular weight excluding hydrogens is 390 g/mol. The molecule has 1 aliphatic heterocycles. The molecule has 154 valence electrons. The van der Waals surface area contributed by atoms with E-state index in [0.717, 1.165) is 34.6 Å². The van der Waals surface area contributed by atoms with E-state index in [4.69, 9.17) is 9.84 Å². The Bertz CT molecular complexity index is 1010. The number of thiophene rings is 1. The molecule has 0 aliphatic carbocycles. The molecule has 0 radical (unpaired) electrons. The van der Waals surface area contributed by atoms with E-state index < -0.39 is 0 Å². The number of nitrogens with zero attached hydrogens (tertiary/aromatic N) is 4. The molecule has 8 nitrogen and oxygen atoms in total. The lowest BCUT2D eigenvalue weighted by molar-refractivity contribution is -0.0323. The van der Waals surface area contributed by atoms with Crippen LogP contribution in [0.2, 0.25) is 0 Å². The number of carbonyl (C=O) groups is 1. The molecule has 4 rings (SSSR count). The summed E-state index contributed by atoms with van der Waals surface area (Å²) in [5.74, 6) is -0.194. The van der Waals surface area contributed by atoms with E-state index >= 15 is 0 Å². The van der Waals surface area contributed by atoms with Crippen molar-refractivity contribution in [2.24, 2.45) is 7.05 Å². The zero-order valence-corrected chi connectivity index (χ0v) is 17.4. The van der Waals surface area contributed by atoms with Crippen LogP contribution in [0.1, 0.15) is 32.6 Å². The van der Waals surface area contributed by atoms with Gasteiger partial charge in [0, 0.05) is 62.1 Å². The van der Waals surface area contributed by atoms with E-state index in [-0.39, 0.29) is 25.2 Å². The first-order valence-corrected chi connectivity index (χ1v) is 10.5. The second-order valence-electron chi connectivity index (χ2n) is 7.19. The topological polar surface area (TPSA) is 92.5 Å². The lowest BCUT2D eigenvalue weighted by Crippen LogP contribution is -2.38. The van der Waals surface area contributed by atoms with Gasteiger partial charge in [-0.2, -0.15) is 5.10 Å². The number of pyridine rings is 1. The van der Waals surface area contributed by atoms with Crippen molar-refractivity contribution in [1.82, 2.24) is 25.0 Å². The Balaban J connectivity index is 1.62. The quantitative estimate of drug-likeness (QED) is 0.636. The molecule has 4 heterocycles. The molecule has 0 spiro atoms. The summed E-state index contributed by atoms with van der Waals surface area (Å²) in [5.41, 5.74) is 3.12. The molecule has 3 aromatic heterocycles. The van der Waals surface area contributed by atoms with Crippen molar-refractivity contribution < 1.29 is 14.6 Å². The summed E-state index contributed by atoms with van der Waals surface area (Å²) in [5, 5.41) is 17.2. The summed E-state index contributed by atoms with van der Waals surface area (Å²) in [6, 6.07) is 3.87. The Kier molecular flexibility index (Phi) is 5.91. The standard InChI is InChI=1S/C20H25N5O3S/c1-13-14(10-24(2)23-13)11-25-7-9-28-16(12-25)17-15-4-3-5-22-20(15)29-18(17)19(27)21-6-8-26/h3-5,10,16,26H,6-9,11-12H2,1-2H3,(H,21,27)/t16-/m0/s1. The Morgan fingerprint density at radius 2 is 2.34 bits per heavy atom. The molecule has 9 heteroatoms. The zero-order valence-electron chi connectivity index (χ0n) is 16.6. The summed E-state index contributed by atoms with van der Waals surface area (Å²) in [7, 11) is 1.93. The lowest BCUT2D eigenvalue weighted by Gasteiger charge is -2.33. The SMILES string of the molecule is Cc1nn(C)cc1CN1CCO[C@H](c2c(C(=O)NCCO)sc3ncccc23)C1. The maximum Gasteiger partial charge on any atom is 0.261 e. The first-order valence-electron chi connectivity index (χ1n) is 9.66. The van der Waals surface area contributed by atoms with Gasteiger partial charge in [0.2, 0.25) is 0 Å². The highest BCUT2D eigenvalue weighted by Crippen LogP contribution is 2.37. The van der Waals surface area contributed by atoms with Crippen molar-refractivity contribution in [2.45, 2.75) is 19.6 Å². The second-order valence-corrected chi connectivity index (χ2v) is 8.19. The van der Waals surface area contributed by atoms with Crippen molar-refractivity contribution in [3.8, 4) is 0 Å². The van der Waals surface area contributed by atoms with Gasteiger partial charge in [-0.1, -0.05) is 6.07 Å². The summed E-state index contributed by atoms with van der Waals surface area (Å²) >= 11 is 1.37. The second kappa shape index (κ2) is 8.58. The van der Waals surface area contributed by atoms with E-state index in [0.29, 0.717) is 18.0 Å². The highest BCUT2D eigenvalue weighted by molar-refractivity contribution is 7.20. The van der Waals surface area contributed by atoms with Gasteiger partial charge in [0.05, 0.1) is 25.0 Å². The number of hydrogen-bond acceptors (Lipinski definition) is 7. The Hall–Kier alpha value is -2.33. The number of ether oxygens (including phenoxy) is 1. The molecule has 1 amide bonds. The van der Waals surface area contributed by atoms with Crippen LogP contribution in [0, 0.1) is 6.92 Å².